The van der Waals surface area contributed by atoms with E-state index in [4.69, 9.17) is 13.7 Å². The Hall–Kier alpha value is -1.93. The highest BCUT2D eigenvalue weighted by Crippen LogP contribution is 2.30. The van der Waals surface area contributed by atoms with Crippen molar-refractivity contribution in [3.8, 4) is 11.5 Å². The first kappa shape index (κ1) is 21.3. The summed E-state index contributed by atoms with van der Waals surface area (Å²) >= 11 is 1.33. The molecule has 7 heteroatoms. The van der Waals surface area contributed by atoms with Gasteiger partial charge in [-0.2, -0.15) is 0 Å². The minimum absolute atomic E-state index is 0.310. The summed E-state index contributed by atoms with van der Waals surface area (Å²) < 4.78 is 16.8. The maximum Gasteiger partial charge on any atom is 0.142 e. The van der Waals surface area contributed by atoms with Crippen LogP contribution in [0.5, 0.6) is 11.5 Å². The number of piperazine rings is 1. The Morgan fingerprint density at radius 1 is 1.13 bits per heavy atom. The van der Waals surface area contributed by atoms with E-state index < -0.39 is 6.10 Å². The van der Waals surface area contributed by atoms with E-state index >= 15 is 0 Å². The minimum atomic E-state index is -0.503. The highest BCUT2D eigenvalue weighted by molar-refractivity contribution is 7.94. The molecule has 0 amide bonds. The van der Waals surface area contributed by atoms with Crippen LogP contribution >= 0.6 is 12.0 Å². The average Bonchev–Trinajstić information content (AvgIpc) is 2.79. The number of aryl methyl sites for hydroxylation is 1. The number of para-hydroxylation sites is 2. The Morgan fingerprint density at radius 3 is 2.80 bits per heavy atom. The number of ether oxygens (including phenoxy) is 2. The molecule has 2 aliphatic rings. The zero-order valence-electron chi connectivity index (χ0n) is 17.5. The normalized spacial score (nSPS) is 17.9. The van der Waals surface area contributed by atoms with E-state index in [1.54, 1.807) is 7.11 Å². The van der Waals surface area contributed by atoms with Crippen molar-refractivity contribution in [1.82, 2.24) is 4.90 Å². The van der Waals surface area contributed by atoms with E-state index in [9.17, 15) is 5.11 Å². The number of fused-ring (bicyclic) bond motifs is 1. The fourth-order valence-corrected chi connectivity index (χ4v) is 4.66. The van der Waals surface area contributed by atoms with Crippen molar-refractivity contribution in [3.05, 3.63) is 48.0 Å². The Morgan fingerprint density at radius 2 is 1.97 bits per heavy atom. The third-order valence-corrected chi connectivity index (χ3v) is 6.26. The van der Waals surface area contributed by atoms with Crippen molar-refractivity contribution >= 4 is 17.7 Å². The Balaban J connectivity index is 1.18. The number of nitrogens with zero attached hydrogens (tertiary/aromatic N) is 2. The van der Waals surface area contributed by atoms with E-state index in [-0.39, 0.29) is 0 Å². The van der Waals surface area contributed by atoms with E-state index in [1.807, 2.05) is 30.3 Å². The number of hydrogen-bond donors (Lipinski definition) is 1. The van der Waals surface area contributed by atoms with Gasteiger partial charge in [0.2, 0.25) is 0 Å². The summed E-state index contributed by atoms with van der Waals surface area (Å²) in [7, 11) is 1.71. The molecule has 0 spiro atoms. The van der Waals surface area contributed by atoms with Gasteiger partial charge in [0.15, 0.2) is 0 Å². The number of β-amino-alcohol motifs (C(OH)–C–C–N with tert-alkyl or cyclic N) is 1. The zero-order chi connectivity index (χ0) is 20.8. The van der Waals surface area contributed by atoms with E-state index in [2.05, 4.69) is 21.9 Å². The van der Waals surface area contributed by atoms with Gasteiger partial charge < -0.3 is 23.7 Å². The lowest BCUT2D eigenvalue weighted by atomic mass is 10.1. The standard InChI is InChI=1S/C23H30N2O4S/c1-27-23-7-3-2-6-21(23)25-12-10-24(11-13-25)16-19(26)17-29-30-20-8-9-22-18(15-20)5-4-14-28-22/h2-3,6-9,15,19,26H,4-5,10-14,16-17H2,1H3. The number of aliphatic hydroxyl groups excluding tert-OH is 1. The lowest BCUT2D eigenvalue weighted by Crippen LogP contribution is -2.49. The van der Waals surface area contributed by atoms with E-state index in [1.165, 1.54) is 17.6 Å². The van der Waals surface area contributed by atoms with E-state index in [0.717, 1.165) is 67.7 Å². The van der Waals surface area contributed by atoms with Crippen molar-refractivity contribution in [2.75, 3.05) is 57.9 Å². The average molecular weight is 431 g/mol. The Kier molecular flexibility index (Phi) is 7.38. The lowest BCUT2D eigenvalue weighted by Gasteiger charge is -2.37. The fraction of sp³-hybridized carbons (Fsp3) is 0.478. The first-order valence-electron chi connectivity index (χ1n) is 10.6. The third-order valence-electron chi connectivity index (χ3n) is 5.56. The summed E-state index contributed by atoms with van der Waals surface area (Å²) in [5.74, 6) is 1.89. The smallest absolute Gasteiger partial charge is 0.142 e. The maximum atomic E-state index is 10.4. The SMILES string of the molecule is COc1ccccc1N1CCN(CC(O)COSc2ccc3c(c2)CCCO3)CC1. The van der Waals surface area contributed by atoms with Gasteiger partial charge in [-0.3, -0.25) is 4.90 Å². The molecule has 4 rings (SSSR count). The van der Waals surface area contributed by atoms with Crippen LogP contribution in [0.1, 0.15) is 12.0 Å². The molecule has 0 aromatic heterocycles. The van der Waals surface area contributed by atoms with Gasteiger partial charge >= 0.3 is 0 Å². The largest absolute Gasteiger partial charge is 0.495 e. The third kappa shape index (κ3) is 5.40. The van der Waals surface area contributed by atoms with Crippen LogP contribution in [0.4, 0.5) is 5.69 Å². The van der Waals surface area contributed by atoms with Gasteiger partial charge in [0, 0.05) is 49.7 Å². The highest BCUT2D eigenvalue weighted by Gasteiger charge is 2.21. The molecule has 2 aromatic rings. The highest BCUT2D eigenvalue weighted by atomic mass is 32.2. The van der Waals surface area contributed by atoms with Gasteiger partial charge in [-0.15, -0.1) is 0 Å². The summed E-state index contributed by atoms with van der Waals surface area (Å²) in [6.07, 6.45) is 1.61. The summed E-state index contributed by atoms with van der Waals surface area (Å²) in [4.78, 5) is 5.69. The molecule has 30 heavy (non-hydrogen) atoms. The molecule has 1 N–H and O–H groups in total. The molecule has 0 radical (unpaired) electrons. The lowest BCUT2D eigenvalue weighted by molar-refractivity contribution is 0.0733. The number of hydrogen-bond acceptors (Lipinski definition) is 7. The van der Waals surface area contributed by atoms with Crippen LogP contribution in [0.25, 0.3) is 0 Å². The van der Waals surface area contributed by atoms with E-state index in [0.29, 0.717) is 13.2 Å². The van der Waals surface area contributed by atoms with Crippen molar-refractivity contribution < 1.29 is 18.8 Å². The van der Waals surface area contributed by atoms with Crippen molar-refractivity contribution in [3.63, 3.8) is 0 Å². The Bertz CT molecular complexity index is 827. The molecule has 6 nitrogen and oxygen atoms in total. The molecular formula is C23H30N2O4S. The molecule has 0 aliphatic carbocycles. The van der Waals surface area contributed by atoms with Crippen LogP contribution < -0.4 is 14.4 Å². The molecule has 1 atom stereocenters. The van der Waals surface area contributed by atoms with Gasteiger partial charge in [0.25, 0.3) is 0 Å². The van der Waals surface area contributed by atoms with Crippen LogP contribution in [-0.2, 0) is 10.6 Å². The van der Waals surface area contributed by atoms with Crippen LogP contribution in [0.15, 0.2) is 47.4 Å². The summed E-state index contributed by atoms with van der Waals surface area (Å²) in [5, 5.41) is 10.4. The van der Waals surface area contributed by atoms with Crippen LogP contribution in [-0.4, -0.2) is 69.2 Å². The zero-order valence-corrected chi connectivity index (χ0v) is 18.3. The van der Waals surface area contributed by atoms with Gasteiger partial charge in [0.1, 0.15) is 11.5 Å². The molecular weight excluding hydrogens is 400 g/mol. The van der Waals surface area contributed by atoms with Gasteiger partial charge in [0.05, 0.1) is 32.1 Å². The number of rotatable bonds is 8. The predicted octanol–water partition coefficient (Wildman–Crippen LogP) is 3.23. The fourth-order valence-electron chi connectivity index (χ4n) is 3.98. The monoisotopic (exact) mass is 430 g/mol. The quantitative estimate of drug-likeness (QED) is 0.646. The number of methoxy groups -OCH3 is 1. The first-order chi connectivity index (χ1) is 14.7. The second-order valence-electron chi connectivity index (χ2n) is 7.70. The molecule has 1 unspecified atom stereocenters. The molecule has 2 aromatic carbocycles. The summed E-state index contributed by atoms with van der Waals surface area (Å²) in [6.45, 7) is 5.39. The molecule has 0 bridgehead atoms. The Labute approximate surface area is 182 Å². The van der Waals surface area contributed by atoms with Crippen molar-refractivity contribution in [2.45, 2.75) is 23.8 Å². The van der Waals surface area contributed by atoms with Gasteiger partial charge in [-0.25, -0.2) is 0 Å². The van der Waals surface area contributed by atoms with Crippen LogP contribution in [0, 0.1) is 0 Å². The number of anilines is 1. The summed E-state index contributed by atoms with van der Waals surface area (Å²) in [6, 6.07) is 14.3. The minimum Gasteiger partial charge on any atom is -0.495 e. The predicted molar refractivity (Wildman–Crippen MR) is 120 cm³/mol. The molecule has 2 heterocycles. The molecule has 0 saturated carbocycles. The van der Waals surface area contributed by atoms with Gasteiger partial charge in [-0.05, 0) is 48.7 Å². The first-order valence-corrected chi connectivity index (χ1v) is 11.3. The second kappa shape index (κ2) is 10.4. The van der Waals surface area contributed by atoms with Crippen LogP contribution in [0.3, 0.4) is 0 Å². The van der Waals surface area contributed by atoms with Crippen molar-refractivity contribution in [1.29, 1.82) is 0 Å². The maximum absolute atomic E-state index is 10.4. The summed E-state index contributed by atoms with van der Waals surface area (Å²) in [5.41, 5.74) is 2.37. The molecule has 1 saturated heterocycles. The van der Waals surface area contributed by atoms with Crippen molar-refractivity contribution in [2.24, 2.45) is 0 Å². The molecule has 1 fully saturated rings. The number of aliphatic hydroxyl groups is 1. The second-order valence-corrected chi connectivity index (χ2v) is 8.58. The van der Waals surface area contributed by atoms with Gasteiger partial charge in [-0.1, -0.05) is 12.1 Å². The molecule has 162 valence electrons. The molecule has 2 aliphatic heterocycles. The topological polar surface area (TPSA) is 54.4 Å². The van der Waals surface area contributed by atoms with Crippen LogP contribution in [0.2, 0.25) is 0 Å². The number of benzene rings is 2.